The van der Waals surface area contributed by atoms with Gasteiger partial charge in [-0.05, 0) is 80.0 Å². The fourth-order valence-electron chi connectivity index (χ4n) is 6.80. The third-order valence-corrected chi connectivity index (χ3v) is 8.11. The molecule has 6 atom stereocenters. The molecule has 4 rings (SSSR count). The van der Waals surface area contributed by atoms with Crippen LogP contribution in [0.3, 0.4) is 0 Å². The van der Waals surface area contributed by atoms with Crippen molar-refractivity contribution < 1.29 is 5.11 Å². The molecule has 0 aromatic heterocycles. The molecule has 0 aromatic carbocycles. The van der Waals surface area contributed by atoms with E-state index in [-0.39, 0.29) is 6.10 Å². The topological polar surface area (TPSA) is 20.2 Å². The quantitative estimate of drug-likeness (QED) is 0.616. The van der Waals surface area contributed by atoms with Crippen LogP contribution >= 0.6 is 0 Å². The summed E-state index contributed by atoms with van der Waals surface area (Å²) in [5, 5.41) is 10.0. The van der Waals surface area contributed by atoms with Crippen LogP contribution in [0.2, 0.25) is 0 Å². The second-order valence-electron chi connectivity index (χ2n) is 9.09. The largest absolute Gasteiger partial charge is 0.393 e. The number of hydrogen-bond donors (Lipinski definition) is 1. The molecule has 1 N–H and O–H groups in total. The van der Waals surface area contributed by atoms with E-state index in [0.29, 0.717) is 10.8 Å². The second-order valence-corrected chi connectivity index (χ2v) is 9.09. The summed E-state index contributed by atoms with van der Waals surface area (Å²) in [5.41, 5.74) is 2.68. The Morgan fingerprint density at radius 3 is 2.71 bits per heavy atom. The molecule has 6 unspecified atom stereocenters. The molecule has 0 radical (unpaired) electrons. The molecule has 0 aliphatic heterocycles. The lowest BCUT2D eigenvalue weighted by atomic mass is 9.45. The van der Waals surface area contributed by atoms with Crippen molar-refractivity contribution >= 4 is 0 Å². The van der Waals surface area contributed by atoms with Crippen molar-refractivity contribution in [2.24, 2.45) is 28.6 Å². The van der Waals surface area contributed by atoms with Crippen LogP contribution in [0, 0.1) is 28.6 Å². The Bertz CT molecular complexity index is 453. The molecule has 0 heterocycles. The Kier molecular flexibility index (Phi) is 3.30. The van der Waals surface area contributed by atoms with Crippen LogP contribution in [-0.4, -0.2) is 11.2 Å². The maximum Gasteiger partial charge on any atom is 0.0577 e. The number of rotatable bonds is 0. The van der Waals surface area contributed by atoms with E-state index in [1.54, 1.807) is 5.57 Å². The zero-order valence-electron chi connectivity index (χ0n) is 13.9. The van der Waals surface area contributed by atoms with Gasteiger partial charge in [-0.25, -0.2) is 0 Å². The first-order valence-electron chi connectivity index (χ1n) is 9.40. The van der Waals surface area contributed by atoms with Crippen LogP contribution in [-0.2, 0) is 0 Å². The van der Waals surface area contributed by atoms with Gasteiger partial charge in [0.05, 0.1) is 6.10 Å². The van der Waals surface area contributed by atoms with E-state index in [1.165, 1.54) is 51.4 Å². The van der Waals surface area contributed by atoms with Crippen molar-refractivity contribution in [2.45, 2.75) is 84.2 Å². The van der Waals surface area contributed by atoms with E-state index >= 15 is 0 Å². The van der Waals surface area contributed by atoms with Crippen LogP contribution < -0.4 is 0 Å². The minimum Gasteiger partial charge on any atom is -0.393 e. The van der Waals surface area contributed by atoms with Gasteiger partial charge in [0.15, 0.2) is 0 Å². The Morgan fingerprint density at radius 2 is 1.86 bits per heavy atom. The average Bonchev–Trinajstić information content (AvgIpc) is 2.47. The van der Waals surface area contributed by atoms with Gasteiger partial charge in [0, 0.05) is 0 Å². The molecule has 0 amide bonds. The van der Waals surface area contributed by atoms with Crippen molar-refractivity contribution in [3.8, 4) is 0 Å². The minimum absolute atomic E-state index is 0.0654. The van der Waals surface area contributed by atoms with Crippen molar-refractivity contribution in [1.82, 2.24) is 0 Å². The Hall–Kier alpha value is -0.300. The van der Waals surface area contributed by atoms with Gasteiger partial charge in [0.25, 0.3) is 0 Å². The highest BCUT2D eigenvalue weighted by Crippen LogP contribution is 2.63. The molecule has 3 fully saturated rings. The zero-order valence-corrected chi connectivity index (χ0v) is 13.9. The maximum absolute atomic E-state index is 10.0. The number of aliphatic hydroxyl groups is 1. The molecule has 0 bridgehead atoms. The molecular weight excluding hydrogens is 256 g/mol. The van der Waals surface area contributed by atoms with Gasteiger partial charge in [-0.15, -0.1) is 0 Å². The monoisotopic (exact) mass is 288 g/mol. The average molecular weight is 288 g/mol. The predicted octanol–water partition coefficient (Wildman–Crippen LogP) is 5.09. The Balaban J connectivity index is 1.66. The maximum atomic E-state index is 10.0. The lowest BCUT2D eigenvalue weighted by Gasteiger charge is -2.60. The molecule has 21 heavy (non-hydrogen) atoms. The highest BCUT2D eigenvalue weighted by Gasteiger charge is 2.54. The van der Waals surface area contributed by atoms with Gasteiger partial charge in [-0.3, -0.25) is 0 Å². The van der Waals surface area contributed by atoms with Gasteiger partial charge in [0.1, 0.15) is 0 Å². The summed E-state index contributed by atoms with van der Waals surface area (Å²) in [4.78, 5) is 0. The van der Waals surface area contributed by atoms with Crippen LogP contribution in [0.5, 0.6) is 0 Å². The molecule has 0 aromatic rings. The molecule has 1 heteroatoms. The summed E-state index contributed by atoms with van der Waals surface area (Å²) in [6, 6.07) is 0. The Labute approximate surface area is 130 Å². The zero-order chi connectivity index (χ0) is 14.7. The van der Waals surface area contributed by atoms with Crippen molar-refractivity contribution in [1.29, 1.82) is 0 Å². The van der Waals surface area contributed by atoms with Crippen molar-refractivity contribution in [3.05, 3.63) is 11.6 Å². The first-order valence-corrected chi connectivity index (χ1v) is 9.40. The number of aliphatic hydroxyl groups excluding tert-OH is 1. The summed E-state index contributed by atoms with van der Waals surface area (Å²) >= 11 is 0. The Morgan fingerprint density at radius 1 is 1.00 bits per heavy atom. The van der Waals surface area contributed by atoms with Crippen LogP contribution in [0.15, 0.2) is 11.6 Å². The molecule has 0 spiro atoms. The normalized spacial score (nSPS) is 53.2. The van der Waals surface area contributed by atoms with E-state index in [9.17, 15) is 5.11 Å². The second kappa shape index (κ2) is 4.85. The number of fused-ring (bicyclic) bond motifs is 5. The number of allylic oxidation sites excluding steroid dienone is 1. The van der Waals surface area contributed by atoms with E-state index in [4.69, 9.17) is 0 Å². The molecule has 0 saturated heterocycles. The fraction of sp³-hybridized carbons (Fsp3) is 0.900. The SMILES string of the molecule is CC12CCCCC1C1CC=C3CC(O)CCC3(C)C1CC2. The van der Waals surface area contributed by atoms with Crippen LogP contribution in [0.25, 0.3) is 0 Å². The molecule has 4 aliphatic carbocycles. The summed E-state index contributed by atoms with van der Waals surface area (Å²) in [7, 11) is 0. The lowest BCUT2D eigenvalue weighted by molar-refractivity contribution is -0.0690. The lowest BCUT2D eigenvalue weighted by Crippen LogP contribution is -2.51. The van der Waals surface area contributed by atoms with E-state index < -0.39 is 0 Å². The van der Waals surface area contributed by atoms with Gasteiger partial charge < -0.3 is 5.11 Å². The van der Waals surface area contributed by atoms with Crippen molar-refractivity contribution in [2.75, 3.05) is 0 Å². The molecule has 3 saturated carbocycles. The highest BCUT2D eigenvalue weighted by molar-refractivity contribution is 5.24. The van der Waals surface area contributed by atoms with Gasteiger partial charge in [-0.2, -0.15) is 0 Å². The highest BCUT2D eigenvalue weighted by atomic mass is 16.3. The molecule has 4 aliphatic rings. The standard InChI is InChI=1S/C20H32O/c1-19-10-4-3-5-17(19)16-7-6-14-13-15(21)8-12-20(14,2)18(16)9-11-19/h6,15-18,21H,3-5,7-13H2,1-2H3. The minimum atomic E-state index is -0.0654. The summed E-state index contributed by atoms with van der Waals surface area (Å²) in [6.07, 6.45) is 15.8. The van der Waals surface area contributed by atoms with Gasteiger partial charge in [-0.1, -0.05) is 38.3 Å². The smallest absolute Gasteiger partial charge is 0.0577 e. The third kappa shape index (κ3) is 2.06. The molecule has 118 valence electrons. The summed E-state index contributed by atoms with van der Waals surface area (Å²) < 4.78 is 0. The van der Waals surface area contributed by atoms with Gasteiger partial charge in [0.2, 0.25) is 0 Å². The van der Waals surface area contributed by atoms with E-state index in [2.05, 4.69) is 19.9 Å². The van der Waals surface area contributed by atoms with E-state index in [1.807, 2.05) is 0 Å². The number of hydrogen-bond acceptors (Lipinski definition) is 1. The van der Waals surface area contributed by atoms with Crippen LogP contribution in [0.1, 0.15) is 78.1 Å². The van der Waals surface area contributed by atoms with E-state index in [0.717, 1.165) is 30.6 Å². The summed E-state index contributed by atoms with van der Waals surface area (Å²) in [6.45, 7) is 5.13. The molecular formula is C20H32O. The molecule has 1 nitrogen and oxygen atoms in total. The first kappa shape index (κ1) is 14.3. The predicted molar refractivity (Wildman–Crippen MR) is 86.9 cm³/mol. The summed E-state index contributed by atoms with van der Waals surface area (Å²) in [5.74, 6) is 2.82. The van der Waals surface area contributed by atoms with Gasteiger partial charge >= 0.3 is 0 Å². The fourth-order valence-corrected chi connectivity index (χ4v) is 6.80. The van der Waals surface area contributed by atoms with Crippen molar-refractivity contribution in [3.63, 3.8) is 0 Å². The third-order valence-electron chi connectivity index (χ3n) is 8.11. The first-order chi connectivity index (χ1) is 10.0. The van der Waals surface area contributed by atoms with Crippen LogP contribution in [0.4, 0.5) is 0 Å².